The SMILES string of the molecule is CNS(=O)(=O)c1cccc(/C=C2/C(=O)Nc3cc(F)c(F)cc32)c1. The van der Waals surface area contributed by atoms with Gasteiger partial charge in [-0.15, -0.1) is 0 Å². The Bertz CT molecular complexity index is 985. The lowest BCUT2D eigenvalue weighted by Crippen LogP contribution is -2.18. The Morgan fingerprint density at radius 2 is 1.83 bits per heavy atom. The highest BCUT2D eigenvalue weighted by molar-refractivity contribution is 7.89. The molecule has 0 fully saturated rings. The van der Waals surface area contributed by atoms with Crippen LogP contribution in [0.3, 0.4) is 0 Å². The highest BCUT2D eigenvalue weighted by Gasteiger charge is 2.26. The van der Waals surface area contributed by atoms with Crippen LogP contribution in [0.15, 0.2) is 41.3 Å². The average molecular weight is 350 g/mol. The molecule has 2 aromatic rings. The molecule has 1 aliphatic rings. The second-order valence-electron chi connectivity index (χ2n) is 5.10. The number of halogens is 2. The minimum Gasteiger partial charge on any atom is -0.321 e. The van der Waals surface area contributed by atoms with E-state index in [4.69, 9.17) is 0 Å². The van der Waals surface area contributed by atoms with Crippen LogP contribution in [0.25, 0.3) is 11.6 Å². The van der Waals surface area contributed by atoms with Gasteiger partial charge < -0.3 is 5.32 Å². The highest BCUT2D eigenvalue weighted by Crippen LogP contribution is 2.34. The van der Waals surface area contributed by atoms with Crippen molar-refractivity contribution in [2.24, 2.45) is 0 Å². The summed E-state index contributed by atoms with van der Waals surface area (Å²) in [5.74, 6) is -2.64. The van der Waals surface area contributed by atoms with Gasteiger partial charge in [-0.05, 0) is 36.9 Å². The zero-order valence-electron chi connectivity index (χ0n) is 12.4. The van der Waals surface area contributed by atoms with E-state index in [-0.39, 0.29) is 21.7 Å². The van der Waals surface area contributed by atoms with Crippen LogP contribution in [0.1, 0.15) is 11.1 Å². The number of hydrogen-bond donors (Lipinski definition) is 2. The predicted molar refractivity (Wildman–Crippen MR) is 85.5 cm³/mol. The number of rotatable bonds is 3. The van der Waals surface area contributed by atoms with Crippen LogP contribution in [0.4, 0.5) is 14.5 Å². The van der Waals surface area contributed by atoms with Crippen molar-refractivity contribution in [3.8, 4) is 0 Å². The van der Waals surface area contributed by atoms with Gasteiger partial charge in [-0.1, -0.05) is 12.1 Å². The predicted octanol–water partition coefficient (Wildman–Crippen LogP) is 2.37. The van der Waals surface area contributed by atoms with Crippen molar-refractivity contribution in [3.05, 3.63) is 59.2 Å². The fourth-order valence-electron chi connectivity index (χ4n) is 2.38. The first-order chi connectivity index (χ1) is 11.3. The zero-order chi connectivity index (χ0) is 17.5. The molecule has 1 aliphatic heterocycles. The largest absolute Gasteiger partial charge is 0.321 e. The average Bonchev–Trinajstić information content (AvgIpc) is 2.83. The fourth-order valence-corrected chi connectivity index (χ4v) is 3.17. The van der Waals surface area contributed by atoms with Crippen molar-refractivity contribution in [1.82, 2.24) is 4.72 Å². The summed E-state index contributed by atoms with van der Waals surface area (Å²) in [5, 5.41) is 2.45. The number of benzene rings is 2. The Morgan fingerprint density at radius 1 is 1.12 bits per heavy atom. The van der Waals surface area contributed by atoms with Crippen LogP contribution >= 0.6 is 0 Å². The lowest BCUT2D eigenvalue weighted by molar-refractivity contribution is -0.110. The molecule has 124 valence electrons. The van der Waals surface area contributed by atoms with E-state index in [0.29, 0.717) is 5.56 Å². The van der Waals surface area contributed by atoms with Gasteiger partial charge in [0.15, 0.2) is 11.6 Å². The molecule has 3 rings (SSSR count). The molecular weight excluding hydrogens is 338 g/mol. The van der Waals surface area contributed by atoms with E-state index in [1.807, 2.05) is 0 Å². The summed E-state index contributed by atoms with van der Waals surface area (Å²) in [6.07, 6.45) is 1.42. The number of hydrogen-bond acceptors (Lipinski definition) is 3. The van der Waals surface area contributed by atoms with Gasteiger partial charge in [-0.25, -0.2) is 21.9 Å². The Morgan fingerprint density at radius 3 is 2.54 bits per heavy atom. The maximum Gasteiger partial charge on any atom is 0.256 e. The van der Waals surface area contributed by atoms with Crippen molar-refractivity contribution in [3.63, 3.8) is 0 Å². The smallest absolute Gasteiger partial charge is 0.256 e. The molecule has 0 spiro atoms. The van der Waals surface area contributed by atoms with Crippen molar-refractivity contribution in [2.45, 2.75) is 4.90 Å². The molecule has 24 heavy (non-hydrogen) atoms. The second-order valence-corrected chi connectivity index (χ2v) is 6.99. The van der Waals surface area contributed by atoms with E-state index < -0.39 is 27.6 Å². The van der Waals surface area contributed by atoms with E-state index in [2.05, 4.69) is 10.0 Å². The summed E-state index contributed by atoms with van der Waals surface area (Å²) < 4.78 is 52.6. The van der Waals surface area contributed by atoms with Crippen molar-refractivity contribution in [2.75, 3.05) is 12.4 Å². The molecule has 0 radical (unpaired) electrons. The van der Waals surface area contributed by atoms with E-state index in [0.717, 1.165) is 12.1 Å². The first kappa shape index (κ1) is 16.3. The first-order valence-corrected chi connectivity index (χ1v) is 8.36. The Kier molecular flexibility index (Phi) is 3.94. The van der Waals surface area contributed by atoms with Crippen LogP contribution in [0.5, 0.6) is 0 Å². The molecule has 2 N–H and O–H groups in total. The summed E-state index contributed by atoms with van der Waals surface area (Å²) in [4.78, 5) is 12.1. The van der Waals surface area contributed by atoms with Crippen LogP contribution in [0, 0.1) is 11.6 Å². The molecular formula is C16H12F2N2O3S. The molecule has 1 amide bonds. The maximum absolute atomic E-state index is 13.5. The summed E-state index contributed by atoms with van der Waals surface area (Å²) >= 11 is 0. The number of fused-ring (bicyclic) bond motifs is 1. The molecule has 5 nitrogen and oxygen atoms in total. The number of sulfonamides is 1. The number of nitrogens with one attached hydrogen (secondary N) is 2. The molecule has 0 aliphatic carbocycles. The van der Waals surface area contributed by atoms with Gasteiger partial charge in [0, 0.05) is 17.2 Å². The molecule has 0 bridgehead atoms. The summed E-state index contributed by atoms with van der Waals surface area (Å²) in [6.45, 7) is 0. The topological polar surface area (TPSA) is 75.3 Å². The maximum atomic E-state index is 13.5. The number of amides is 1. The van der Waals surface area contributed by atoms with E-state index in [9.17, 15) is 22.0 Å². The lowest BCUT2D eigenvalue weighted by Gasteiger charge is -2.04. The molecule has 0 saturated heterocycles. The molecule has 0 unspecified atom stereocenters. The van der Waals surface area contributed by atoms with Gasteiger partial charge in [-0.3, -0.25) is 4.79 Å². The van der Waals surface area contributed by atoms with Crippen LogP contribution < -0.4 is 10.0 Å². The number of carbonyl (C=O) groups excluding carboxylic acids is 1. The molecule has 0 saturated carbocycles. The molecule has 0 atom stereocenters. The third-order valence-electron chi connectivity index (χ3n) is 3.59. The van der Waals surface area contributed by atoms with Gasteiger partial charge in [0.25, 0.3) is 5.91 Å². The van der Waals surface area contributed by atoms with Crippen molar-refractivity contribution < 1.29 is 22.0 Å². The van der Waals surface area contributed by atoms with Crippen molar-refractivity contribution >= 4 is 33.3 Å². The summed E-state index contributed by atoms with van der Waals surface area (Å²) in [7, 11) is -2.34. The molecule has 1 heterocycles. The summed E-state index contributed by atoms with van der Waals surface area (Å²) in [6, 6.07) is 7.76. The molecule has 8 heteroatoms. The van der Waals surface area contributed by atoms with E-state index in [1.165, 1.54) is 31.3 Å². The minimum atomic E-state index is -3.63. The van der Waals surface area contributed by atoms with Gasteiger partial charge in [-0.2, -0.15) is 0 Å². The number of carbonyl (C=O) groups is 1. The van der Waals surface area contributed by atoms with Gasteiger partial charge in [0.1, 0.15) is 0 Å². The highest BCUT2D eigenvalue weighted by atomic mass is 32.2. The quantitative estimate of drug-likeness (QED) is 0.835. The lowest BCUT2D eigenvalue weighted by atomic mass is 10.0. The van der Waals surface area contributed by atoms with Gasteiger partial charge in [0.2, 0.25) is 10.0 Å². The summed E-state index contributed by atoms with van der Waals surface area (Å²) in [5.41, 5.74) is 0.960. The molecule has 0 aromatic heterocycles. The third kappa shape index (κ3) is 2.81. The van der Waals surface area contributed by atoms with Crippen molar-refractivity contribution in [1.29, 1.82) is 0 Å². The van der Waals surface area contributed by atoms with Gasteiger partial charge in [0.05, 0.1) is 10.6 Å². The van der Waals surface area contributed by atoms with Crippen LogP contribution in [-0.2, 0) is 14.8 Å². The van der Waals surface area contributed by atoms with E-state index in [1.54, 1.807) is 6.07 Å². The fraction of sp³-hybridized carbons (Fsp3) is 0.0625. The third-order valence-corrected chi connectivity index (χ3v) is 5.00. The number of anilines is 1. The van der Waals surface area contributed by atoms with Crippen LogP contribution in [0.2, 0.25) is 0 Å². The van der Waals surface area contributed by atoms with Gasteiger partial charge >= 0.3 is 0 Å². The minimum absolute atomic E-state index is 0.0308. The monoisotopic (exact) mass is 350 g/mol. The molecule has 2 aromatic carbocycles. The zero-order valence-corrected chi connectivity index (χ0v) is 13.2. The Balaban J connectivity index is 2.10. The van der Waals surface area contributed by atoms with E-state index >= 15 is 0 Å². The Labute approximate surface area is 137 Å². The Hall–Kier alpha value is -2.58. The standard InChI is InChI=1S/C16H12F2N2O3S/c1-19-24(22,23)10-4-2-3-9(5-10)6-12-11-7-13(17)14(18)8-15(11)20-16(12)21/h2-8,19H,1H3,(H,20,21)/b12-6+. The first-order valence-electron chi connectivity index (χ1n) is 6.88. The van der Waals surface area contributed by atoms with Crippen LogP contribution in [-0.4, -0.2) is 21.4 Å². The normalized spacial score (nSPS) is 15.5. The second kappa shape index (κ2) is 5.81.